The van der Waals surface area contributed by atoms with E-state index in [0.29, 0.717) is 11.3 Å². The first-order chi connectivity index (χ1) is 12.7. The monoisotopic (exact) mass is 406 g/mol. The molecule has 2 rings (SSSR count). The fraction of sp³-hybridized carbons (Fsp3) is 0.368. The lowest BCUT2D eigenvalue weighted by molar-refractivity contribution is -0.142. The van der Waals surface area contributed by atoms with Crippen LogP contribution in [0.25, 0.3) is 6.08 Å². The Kier molecular flexibility index (Phi) is 7.15. The van der Waals surface area contributed by atoms with Crippen LogP contribution in [0.2, 0.25) is 0 Å². The lowest BCUT2D eigenvalue weighted by Gasteiger charge is -2.19. The highest BCUT2D eigenvalue weighted by molar-refractivity contribution is 8.26. The van der Waals surface area contributed by atoms with E-state index in [2.05, 4.69) is 5.32 Å². The Morgan fingerprint density at radius 3 is 2.48 bits per heavy atom. The number of carboxylic acids is 1. The van der Waals surface area contributed by atoms with Crippen LogP contribution >= 0.6 is 24.0 Å². The van der Waals surface area contributed by atoms with Crippen molar-refractivity contribution in [3.05, 3.63) is 40.3 Å². The number of benzene rings is 1. The lowest BCUT2D eigenvalue weighted by atomic mass is 10.0. The first-order valence-corrected chi connectivity index (χ1v) is 9.74. The zero-order valence-corrected chi connectivity index (χ0v) is 17.0. The quantitative estimate of drug-likeness (QED) is 0.535. The van der Waals surface area contributed by atoms with Gasteiger partial charge in [0.05, 0.1) is 4.91 Å². The van der Waals surface area contributed by atoms with Gasteiger partial charge in [0, 0.05) is 0 Å². The summed E-state index contributed by atoms with van der Waals surface area (Å²) in [5.41, 5.74) is 1.99. The summed E-state index contributed by atoms with van der Waals surface area (Å²) in [6.45, 7) is 5.43. The van der Waals surface area contributed by atoms with Gasteiger partial charge in [0.1, 0.15) is 16.9 Å². The second kappa shape index (κ2) is 9.14. The van der Waals surface area contributed by atoms with Gasteiger partial charge >= 0.3 is 5.97 Å². The van der Waals surface area contributed by atoms with Gasteiger partial charge in [-0.25, -0.2) is 4.79 Å². The Bertz CT molecular complexity index is 787. The molecule has 2 N–H and O–H groups in total. The third-order valence-electron chi connectivity index (χ3n) is 3.89. The van der Waals surface area contributed by atoms with Crippen LogP contribution in [-0.4, -0.2) is 44.7 Å². The van der Waals surface area contributed by atoms with E-state index < -0.39 is 17.9 Å². The summed E-state index contributed by atoms with van der Waals surface area (Å²) < 4.78 is 0.282. The molecule has 1 atom stereocenters. The van der Waals surface area contributed by atoms with Gasteiger partial charge in [0.15, 0.2) is 0 Å². The van der Waals surface area contributed by atoms with E-state index in [4.69, 9.17) is 12.2 Å². The van der Waals surface area contributed by atoms with Crippen molar-refractivity contribution < 1.29 is 19.5 Å². The van der Waals surface area contributed by atoms with E-state index in [1.165, 1.54) is 4.90 Å². The zero-order chi connectivity index (χ0) is 20.1. The van der Waals surface area contributed by atoms with E-state index in [1.807, 2.05) is 45.0 Å². The number of hydrogen-bond acceptors (Lipinski definition) is 5. The predicted molar refractivity (Wildman–Crippen MR) is 110 cm³/mol. The van der Waals surface area contributed by atoms with Crippen LogP contribution in [0.3, 0.4) is 0 Å². The molecular weight excluding hydrogens is 384 g/mol. The van der Waals surface area contributed by atoms with E-state index in [-0.39, 0.29) is 22.7 Å². The molecule has 1 aromatic rings. The number of rotatable bonds is 7. The normalized spacial score (nSPS) is 16.9. The maximum absolute atomic E-state index is 12.6. The van der Waals surface area contributed by atoms with E-state index in [1.54, 1.807) is 6.08 Å². The minimum absolute atomic E-state index is 0.112. The number of nitrogens with one attached hydrogen (secondary N) is 1. The van der Waals surface area contributed by atoms with E-state index in [0.717, 1.165) is 22.9 Å². The highest BCUT2D eigenvalue weighted by atomic mass is 32.2. The largest absolute Gasteiger partial charge is 0.480 e. The molecule has 1 aliphatic heterocycles. The third-order valence-corrected chi connectivity index (χ3v) is 5.27. The summed E-state index contributed by atoms with van der Waals surface area (Å²) in [5.74, 6) is -1.88. The molecule has 0 radical (unpaired) electrons. The Labute approximate surface area is 168 Å². The van der Waals surface area contributed by atoms with Gasteiger partial charge in [-0.2, -0.15) is 0 Å². The number of thioether (sulfide) groups is 1. The van der Waals surface area contributed by atoms with Crippen molar-refractivity contribution in [3.8, 4) is 0 Å². The fourth-order valence-corrected chi connectivity index (χ4v) is 3.78. The first kappa shape index (κ1) is 21.1. The predicted octanol–water partition coefficient (Wildman–Crippen LogP) is 2.81. The van der Waals surface area contributed by atoms with Crippen LogP contribution in [0.4, 0.5) is 0 Å². The van der Waals surface area contributed by atoms with Gasteiger partial charge in [-0.15, -0.1) is 0 Å². The molecule has 1 aliphatic rings. The van der Waals surface area contributed by atoms with Crippen molar-refractivity contribution in [1.82, 2.24) is 10.2 Å². The molecule has 0 bridgehead atoms. The Balaban J connectivity index is 2.05. The number of carbonyl (C=O) groups is 3. The second-order valence-corrected chi connectivity index (χ2v) is 8.44. The number of nitrogens with zero attached hydrogens (tertiary/aromatic N) is 1. The topological polar surface area (TPSA) is 86.7 Å². The average Bonchev–Trinajstić information content (AvgIpc) is 2.83. The molecule has 27 heavy (non-hydrogen) atoms. The summed E-state index contributed by atoms with van der Waals surface area (Å²) in [7, 11) is 0. The van der Waals surface area contributed by atoms with Gasteiger partial charge in [0.25, 0.3) is 5.91 Å². The molecule has 0 saturated carbocycles. The standard InChI is InChI=1S/C19H22N2O4S2/c1-11(2)8-14(18(24)25)20-16(22)10-21-17(23)15(27-19(21)26)9-13-6-4-12(3)5-7-13/h4-7,9,11,14H,8,10H2,1-3H3,(H,20,22)(H,24,25). The molecular formula is C19H22N2O4S2. The van der Waals surface area contributed by atoms with Gasteiger partial charge < -0.3 is 10.4 Å². The molecule has 1 fully saturated rings. The third kappa shape index (κ3) is 5.90. The van der Waals surface area contributed by atoms with Crippen molar-refractivity contribution in [2.45, 2.75) is 33.2 Å². The van der Waals surface area contributed by atoms with Crippen molar-refractivity contribution in [2.75, 3.05) is 6.54 Å². The summed E-state index contributed by atoms with van der Waals surface area (Å²) >= 11 is 6.35. The molecule has 6 nitrogen and oxygen atoms in total. The number of thiocarbonyl (C=S) groups is 1. The highest BCUT2D eigenvalue weighted by Gasteiger charge is 2.34. The smallest absolute Gasteiger partial charge is 0.326 e. The maximum atomic E-state index is 12.6. The molecule has 144 valence electrons. The summed E-state index contributed by atoms with van der Waals surface area (Å²) in [6, 6.07) is 6.70. The number of aliphatic carboxylic acids is 1. The van der Waals surface area contributed by atoms with Crippen molar-refractivity contribution in [2.24, 2.45) is 5.92 Å². The van der Waals surface area contributed by atoms with Gasteiger partial charge in [-0.05, 0) is 30.9 Å². The Hall–Kier alpha value is -2.19. The Morgan fingerprint density at radius 2 is 1.93 bits per heavy atom. The summed E-state index contributed by atoms with van der Waals surface area (Å²) in [6.07, 6.45) is 2.04. The molecule has 1 aromatic carbocycles. The van der Waals surface area contributed by atoms with Crippen LogP contribution in [0.1, 0.15) is 31.4 Å². The van der Waals surface area contributed by atoms with Gasteiger partial charge in [-0.1, -0.05) is 67.7 Å². The summed E-state index contributed by atoms with van der Waals surface area (Å²) in [5, 5.41) is 11.7. The number of hydrogen-bond donors (Lipinski definition) is 2. The molecule has 0 aromatic heterocycles. The number of carboxylic acid groups (broad SMARTS) is 1. The van der Waals surface area contributed by atoms with Crippen molar-refractivity contribution in [1.29, 1.82) is 0 Å². The zero-order valence-electron chi connectivity index (χ0n) is 15.4. The van der Waals surface area contributed by atoms with Crippen LogP contribution in [-0.2, 0) is 14.4 Å². The average molecular weight is 407 g/mol. The van der Waals surface area contributed by atoms with Crippen molar-refractivity contribution >= 4 is 52.2 Å². The molecule has 0 spiro atoms. The van der Waals surface area contributed by atoms with Crippen LogP contribution in [0, 0.1) is 12.8 Å². The molecule has 1 saturated heterocycles. The molecule has 1 unspecified atom stereocenters. The first-order valence-electron chi connectivity index (χ1n) is 8.51. The second-order valence-electron chi connectivity index (χ2n) is 6.77. The van der Waals surface area contributed by atoms with Gasteiger partial charge in [-0.3, -0.25) is 14.5 Å². The van der Waals surface area contributed by atoms with E-state index in [9.17, 15) is 19.5 Å². The van der Waals surface area contributed by atoms with E-state index >= 15 is 0 Å². The lowest BCUT2D eigenvalue weighted by Crippen LogP contribution is -2.47. The summed E-state index contributed by atoms with van der Waals surface area (Å²) in [4.78, 5) is 37.7. The van der Waals surface area contributed by atoms with Crippen molar-refractivity contribution in [3.63, 3.8) is 0 Å². The maximum Gasteiger partial charge on any atom is 0.326 e. The highest BCUT2D eigenvalue weighted by Crippen LogP contribution is 2.32. The molecule has 8 heteroatoms. The molecule has 2 amide bonds. The fourth-order valence-electron chi connectivity index (χ4n) is 2.53. The molecule has 1 heterocycles. The van der Waals surface area contributed by atoms with Crippen LogP contribution < -0.4 is 5.32 Å². The SMILES string of the molecule is Cc1ccc(C=C2SC(=S)N(CC(=O)NC(CC(C)C)C(=O)O)C2=O)cc1. The number of carbonyl (C=O) groups excluding carboxylic acids is 2. The van der Waals surface area contributed by atoms with Crippen LogP contribution in [0.15, 0.2) is 29.2 Å². The van der Waals surface area contributed by atoms with Gasteiger partial charge in [0.2, 0.25) is 5.91 Å². The minimum atomic E-state index is -1.10. The number of amides is 2. The molecule has 0 aliphatic carbocycles. The number of aryl methyl sites for hydroxylation is 1. The minimum Gasteiger partial charge on any atom is -0.480 e. The Morgan fingerprint density at radius 1 is 1.30 bits per heavy atom. The van der Waals surface area contributed by atoms with Crippen LogP contribution in [0.5, 0.6) is 0 Å².